The Labute approximate surface area is 322 Å². The van der Waals surface area contributed by atoms with E-state index in [1.165, 1.54) is 6.20 Å². The quantitative estimate of drug-likeness (QED) is 0.162. The highest BCUT2D eigenvalue weighted by Gasteiger charge is 2.38. The molecule has 6 heterocycles. The van der Waals surface area contributed by atoms with Crippen molar-refractivity contribution in [3.05, 3.63) is 82.8 Å². The predicted molar refractivity (Wildman–Crippen MR) is 206 cm³/mol. The summed E-state index contributed by atoms with van der Waals surface area (Å²) < 4.78 is 7.94. The molecule has 55 heavy (non-hydrogen) atoms. The van der Waals surface area contributed by atoms with Gasteiger partial charge in [-0.1, -0.05) is 23.7 Å². The summed E-state index contributed by atoms with van der Waals surface area (Å²) in [7, 11) is 1.85. The Morgan fingerprint density at radius 1 is 1.02 bits per heavy atom. The Bertz CT molecular complexity index is 2270. The molecule has 3 fully saturated rings. The van der Waals surface area contributed by atoms with E-state index in [1.807, 2.05) is 49.3 Å². The number of amides is 4. The molecule has 5 aromatic rings. The van der Waals surface area contributed by atoms with Gasteiger partial charge in [-0.15, -0.1) is 0 Å². The molecular formula is C40H42ClN9O5. The summed E-state index contributed by atoms with van der Waals surface area (Å²) in [5, 5.41) is 10.6. The van der Waals surface area contributed by atoms with Gasteiger partial charge in [0.05, 0.1) is 23.4 Å². The first kappa shape index (κ1) is 36.2. The van der Waals surface area contributed by atoms with Gasteiger partial charge < -0.3 is 24.8 Å². The fraction of sp³-hybridized carbons (Fsp3) is 0.375. The maximum Gasteiger partial charge on any atom is 0.254 e. The molecule has 3 aliphatic heterocycles. The summed E-state index contributed by atoms with van der Waals surface area (Å²) in [5.41, 5.74) is 4.95. The Kier molecular flexibility index (Phi) is 9.99. The monoisotopic (exact) mass is 763 g/mol. The van der Waals surface area contributed by atoms with Crippen molar-refractivity contribution in [1.82, 2.24) is 39.8 Å². The molecule has 15 heteroatoms. The standard InChI is InChI=1S/C40H42ClN9O5/c1-23-30(22-48(2)47-23)36-45-34-35(31(41)20-43-37(34)46-36)55-28-13-9-26(10-14-28)39(53)50-18-4-6-32(50)40(54)49-17-3-5-24(21-49)19-42-27-11-7-25(8-12-27)29-15-16-33(51)44-38(29)52/h7-14,20,22,24,29,32,42H,3-6,15-19,21H2,1-2H3,(H,43,45,46)(H,44,51,52)/t24?,29-,32-/m0/s1. The molecule has 3 aliphatic rings. The second kappa shape index (κ2) is 15.2. The highest BCUT2D eigenvalue weighted by molar-refractivity contribution is 6.32. The lowest BCUT2D eigenvalue weighted by atomic mass is 9.90. The highest BCUT2D eigenvalue weighted by atomic mass is 35.5. The molecule has 4 amide bonds. The van der Waals surface area contributed by atoms with Gasteiger partial charge >= 0.3 is 0 Å². The molecule has 3 N–H and O–H groups in total. The number of rotatable bonds is 9. The van der Waals surface area contributed by atoms with Gasteiger partial charge in [-0.25, -0.2) is 9.97 Å². The lowest BCUT2D eigenvalue weighted by Gasteiger charge is -2.36. The van der Waals surface area contributed by atoms with E-state index >= 15 is 0 Å². The summed E-state index contributed by atoms with van der Waals surface area (Å²) in [5.74, 6) is 0.737. The van der Waals surface area contributed by atoms with E-state index in [2.05, 4.69) is 30.7 Å². The number of imide groups is 1. The van der Waals surface area contributed by atoms with Crippen LogP contribution in [0.4, 0.5) is 5.69 Å². The van der Waals surface area contributed by atoms with Crippen LogP contribution in [0.5, 0.6) is 11.5 Å². The van der Waals surface area contributed by atoms with Gasteiger partial charge in [0.2, 0.25) is 17.7 Å². The lowest BCUT2D eigenvalue weighted by Crippen LogP contribution is -2.51. The van der Waals surface area contributed by atoms with Crippen LogP contribution in [0.3, 0.4) is 0 Å². The maximum absolute atomic E-state index is 13.9. The molecule has 0 aliphatic carbocycles. The molecule has 14 nitrogen and oxygen atoms in total. The van der Waals surface area contributed by atoms with Crippen LogP contribution in [0, 0.1) is 12.8 Å². The number of carbonyl (C=O) groups excluding carboxylic acids is 4. The number of aromatic amines is 1. The Balaban J connectivity index is 0.880. The lowest BCUT2D eigenvalue weighted by molar-refractivity contribution is -0.137. The second-order valence-corrected chi connectivity index (χ2v) is 15.0. The molecular weight excluding hydrogens is 722 g/mol. The largest absolute Gasteiger partial charge is 0.453 e. The fourth-order valence-electron chi connectivity index (χ4n) is 7.94. The molecule has 3 aromatic heterocycles. The third-order valence-corrected chi connectivity index (χ3v) is 11.1. The second-order valence-electron chi connectivity index (χ2n) is 14.6. The minimum Gasteiger partial charge on any atom is -0.453 e. The van der Waals surface area contributed by atoms with E-state index in [0.717, 1.165) is 41.8 Å². The van der Waals surface area contributed by atoms with E-state index in [4.69, 9.17) is 16.3 Å². The number of aryl methyl sites for hydroxylation is 2. The van der Waals surface area contributed by atoms with Crippen molar-refractivity contribution < 1.29 is 23.9 Å². The Morgan fingerprint density at radius 2 is 1.80 bits per heavy atom. The average Bonchev–Trinajstić information content (AvgIpc) is 3.94. The van der Waals surface area contributed by atoms with Crippen molar-refractivity contribution in [1.29, 1.82) is 0 Å². The number of anilines is 1. The molecule has 2 aromatic carbocycles. The van der Waals surface area contributed by atoms with Crippen molar-refractivity contribution in [2.45, 2.75) is 57.4 Å². The molecule has 0 radical (unpaired) electrons. The minimum atomic E-state index is -0.503. The normalized spacial score (nSPS) is 20.2. The van der Waals surface area contributed by atoms with E-state index < -0.39 is 6.04 Å². The van der Waals surface area contributed by atoms with E-state index in [9.17, 15) is 19.2 Å². The van der Waals surface area contributed by atoms with Crippen LogP contribution in [-0.2, 0) is 21.4 Å². The van der Waals surface area contributed by atoms with Gasteiger partial charge in [0.25, 0.3) is 5.91 Å². The minimum absolute atomic E-state index is 0.000784. The molecule has 0 spiro atoms. The maximum atomic E-state index is 13.9. The number of halogens is 1. The smallest absolute Gasteiger partial charge is 0.254 e. The molecule has 8 rings (SSSR count). The molecule has 3 saturated heterocycles. The van der Waals surface area contributed by atoms with Crippen LogP contribution in [0.2, 0.25) is 5.02 Å². The highest BCUT2D eigenvalue weighted by Crippen LogP contribution is 2.36. The van der Waals surface area contributed by atoms with Crippen molar-refractivity contribution in [2.24, 2.45) is 13.0 Å². The van der Waals surface area contributed by atoms with Crippen LogP contribution >= 0.6 is 11.6 Å². The number of pyridine rings is 1. The van der Waals surface area contributed by atoms with Gasteiger partial charge in [0.1, 0.15) is 28.2 Å². The zero-order valence-electron chi connectivity index (χ0n) is 30.7. The van der Waals surface area contributed by atoms with E-state index in [1.54, 1.807) is 33.8 Å². The number of aromatic nitrogens is 5. The van der Waals surface area contributed by atoms with Crippen molar-refractivity contribution >= 4 is 52.1 Å². The number of likely N-dealkylation sites (tertiary alicyclic amines) is 2. The number of nitrogens with zero attached hydrogens (tertiary/aromatic N) is 6. The zero-order valence-corrected chi connectivity index (χ0v) is 31.4. The number of hydrogen-bond acceptors (Lipinski definition) is 9. The fourth-order valence-corrected chi connectivity index (χ4v) is 8.12. The first-order valence-corrected chi connectivity index (χ1v) is 19.1. The molecule has 284 valence electrons. The molecule has 3 atom stereocenters. The summed E-state index contributed by atoms with van der Waals surface area (Å²) in [6, 6.07) is 14.1. The Morgan fingerprint density at radius 3 is 2.55 bits per heavy atom. The van der Waals surface area contributed by atoms with Gasteiger partial charge in [0.15, 0.2) is 11.4 Å². The number of piperidine rings is 2. The first-order chi connectivity index (χ1) is 26.6. The molecule has 1 unspecified atom stereocenters. The van der Waals surface area contributed by atoms with Crippen molar-refractivity contribution in [3.8, 4) is 22.9 Å². The summed E-state index contributed by atoms with van der Waals surface area (Å²) >= 11 is 6.54. The molecule has 0 bridgehead atoms. The summed E-state index contributed by atoms with van der Waals surface area (Å²) in [6.07, 6.45) is 7.52. The van der Waals surface area contributed by atoms with E-state index in [0.29, 0.717) is 84.5 Å². The van der Waals surface area contributed by atoms with Crippen LogP contribution in [0.15, 0.2) is 60.9 Å². The van der Waals surface area contributed by atoms with Crippen molar-refractivity contribution in [3.63, 3.8) is 0 Å². The topological polar surface area (TPSA) is 167 Å². The number of benzene rings is 2. The third kappa shape index (κ3) is 7.50. The van der Waals surface area contributed by atoms with Crippen molar-refractivity contribution in [2.75, 3.05) is 31.5 Å². The summed E-state index contributed by atoms with van der Waals surface area (Å²) in [6.45, 7) is 4.42. The number of imidazole rings is 1. The SMILES string of the molecule is Cc1nn(C)cc1-c1nc2ncc(Cl)c(Oc3ccc(C(=O)N4CCC[C@H]4C(=O)N4CCCC(CNc5ccc([C@@H]6CCC(=O)NC6=O)cc5)C4)cc3)c2[nH]1. The molecule has 0 saturated carbocycles. The van der Waals surface area contributed by atoms with Gasteiger partial charge in [-0.2, -0.15) is 5.10 Å². The van der Waals surface area contributed by atoms with Gasteiger partial charge in [-0.05, 0) is 86.9 Å². The van der Waals surface area contributed by atoms with Crippen LogP contribution in [0.25, 0.3) is 22.6 Å². The number of fused-ring (bicyclic) bond motifs is 1. The average molecular weight is 764 g/mol. The van der Waals surface area contributed by atoms with Gasteiger partial charge in [0, 0.05) is 57.1 Å². The number of hydrogen-bond donors (Lipinski definition) is 3. The first-order valence-electron chi connectivity index (χ1n) is 18.7. The van der Waals surface area contributed by atoms with Crippen LogP contribution in [0.1, 0.15) is 66.1 Å². The predicted octanol–water partition coefficient (Wildman–Crippen LogP) is 5.59. The number of nitrogens with one attached hydrogen (secondary N) is 3. The number of ether oxygens (including phenoxy) is 1. The summed E-state index contributed by atoms with van der Waals surface area (Å²) in [4.78, 5) is 67.4. The van der Waals surface area contributed by atoms with Crippen LogP contribution < -0.4 is 15.4 Å². The van der Waals surface area contributed by atoms with E-state index in [-0.39, 0.29) is 35.5 Å². The number of carbonyl (C=O) groups is 4. The Hall–Kier alpha value is -5.76. The van der Waals surface area contributed by atoms with Gasteiger partial charge in [-0.3, -0.25) is 29.2 Å². The van der Waals surface area contributed by atoms with Crippen LogP contribution in [-0.4, -0.2) is 90.4 Å². The zero-order chi connectivity index (χ0) is 38.2. The number of H-pyrrole nitrogens is 1. The third-order valence-electron chi connectivity index (χ3n) is 10.8.